The molecule has 0 aliphatic heterocycles. The SMILES string of the molecule is CS(=O)(=O)Oc1cccc(C(C(=O)OCc2ccccc2)C(N)C(=O)OCc2ccccc2)c1. The van der Waals surface area contributed by atoms with Crippen LogP contribution in [0.4, 0.5) is 0 Å². The van der Waals surface area contributed by atoms with Crippen LogP contribution >= 0.6 is 0 Å². The van der Waals surface area contributed by atoms with Crippen molar-refractivity contribution in [2.45, 2.75) is 25.2 Å². The molecule has 0 aliphatic carbocycles. The second-order valence-corrected chi connectivity index (χ2v) is 9.12. The summed E-state index contributed by atoms with van der Waals surface area (Å²) in [5.74, 6) is -2.84. The van der Waals surface area contributed by atoms with E-state index < -0.39 is 34.0 Å². The second kappa shape index (κ2) is 11.4. The lowest BCUT2D eigenvalue weighted by Gasteiger charge is -2.22. The quantitative estimate of drug-likeness (QED) is 0.345. The highest BCUT2D eigenvalue weighted by molar-refractivity contribution is 7.86. The van der Waals surface area contributed by atoms with Gasteiger partial charge < -0.3 is 19.4 Å². The summed E-state index contributed by atoms with van der Waals surface area (Å²) in [5, 5.41) is 0. The summed E-state index contributed by atoms with van der Waals surface area (Å²) in [6, 6.07) is 22.4. The fourth-order valence-corrected chi connectivity index (χ4v) is 3.66. The molecule has 178 valence electrons. The topological polar surface area (TPSA) is 122 Å². The fraction of sp³-hybridized carbons (Fsp3) is 0.200. The first kappa shape index (κ1) is 24.9. The predicted molar refractivity (Wildman–Crippen MR) is 125 cm³/mol. The van der Waals surface area contributed by atoms with Crippen LogP contribution in [0.1, 0.15) is 22.6 Å². The third-order valence-corrected chi connectivity index (χ3v) is 5.29. The lowest BCUT2D eigenvalue weighted by molar-refractivity contribution is -0.155. The first-order valence-electron chi connectivity index (χ1n) is 10.4. The highest BCUT2D eigenvalue weighted by Gasteiger charge is 2.35. The van der Waals surface area contributed by atoms with Gasteiger partial charge in [0.15, 0.2) is 0 Å². The van der Waals surface area contributed by atoms with Gasteiger partial charge in [0.1, 0.15) is 30.9 Å². The summed E-state index contributed by atoms with van der Waals surface area (Å²) < 4.78 is 38.7. The molecule has 3 aromatic carbocycles. The zero-order valence-electron chi connectivity index (χ0n) is 18.5. The first-order chi connectivity index (χ1) is 16.2. The van der Waals surface area contributed by atoms with Crippen LogP contribution in [-0.2, 0) is 42.4 Å². The highest BCUT2D eigenvalue weighted by Crippen LogP contribution is 2.26. The minimum atomic E-state index is -3.80. The van der Waals surface area contributed by atoms with Gasteiger partial charge in [-0.1, -0.05) is 72.8 Å². The van der Waals surface area contributed by atoms with E-state index in [0.29, 0.717) is 0 Å². The van der Waals surface area contributed by atoms with Gasteiger partial charge in [-0.05, 0) is 28.8 Å². The molecule has 2 unspecified atom stereocenters. The average molecular weight is 484 g/mol. The van der Waals surface area contributed by atoms with Gasteiger partial charge in [-0.25, -0.2) is 0 Å². The second-order valence-electron chi connectivity index (χ2n) is 7.55. The number of ether oxygens (including phenoxy) is 2. The van der Waals surface area contributed by atoms with Gasteiger partial charge >= 0.3 is 22.1 Å². The molecule has 9 heteroatoms. The number of nitrogens with two attached hydrogens (primary N) is 1. The Labute approximate surface area is 198 Å². The molecular formula is C25H25NO7S. The van der Waals surface area contributed by atoms with E-state index in [0.717, 1.165) is 17.4 Å². The molecule has 0 heterocycles. The smallest absolute Gasteiger partial charge is 0.324 e. The molecular weight excluding hydrogens is 458 g/mol. The van der Waals surface area contributed by atoms with E-state index in [-0.39, 0.29) is 24.5 Å². The highest BCUT2D eigenvalue weighted by atomic mass is 32.2. The Morgan fingerprint density at radius 3 is 1.85 bits per heavy atom. The minimum Gasteiger partial charge on any atom is -0.460 e. The van der Waals surface area contributed by atoms with Gasteiger partial charge in [-0.2, -0.15) is 8.42 Å². The van der Waals surface area contributed by atoms with Crippen molar-refractivity contribution in [3.05, 3.63) is 102 Å². The Bertz CT molecular complexity index is 1210. The van der Waals surface area contributed by atoms with Crippen LogP contribution in [0.2, 0.25) is 0 Å². The van der Waals surface area contributed by atoms with Crippen molar-refractivity contribution >= 4 is 22.1 Å². The number of carbonyl (C=O) groups excluding carboxylic acids is 2. The Hall–Kier alpha value is -3.69. The lowest BCUT2D eigenvalue weighted by Crippen LogP contribution is -2.42. The number of benzene rings is 3. The molecule has 0 spiro atoms. The molecule has 0 amide bonds. The normalized spacial score (nSPS) is 12.9. The van der Waals surface area contributed by atoms with Crippen molar-refractivity contribution in [3.63, 3.8) is 0 Å². The maximum absolute atomic E-state index is 13.1. The van der Waals surface area contributed by atoms with E-state index in [2.05, 4.69) is 0 Å². The molecule has 0 fully saturated rings. The van der Waals surface area contributed by atoms with Gasteiger partial charge in [-0.15, -0.1) is 0 Å². The maximum atomic E-state index is 13.1. The van der Waals surface area contributed by atoms with Gasteiger partial charge in [0.25, 0.3) is 0 Å². The van der Waals surface area contributed by atoms with Crippen LogP contribution in [0.3, 0.4) is 0 Å². The van der Waals surface area contributed by atoms with Crippen molar-refractivity contribution in [1.29, 1.82) is 0 Å². The number of esters is 2. The number of hydrogen-bond donors (Lipinski definition) is 1. The van der Waals surface area contributed by atoms with Gasteiger partial charge in [-0.3, -0.25) is 9.59 Å². The maximum Gasteiger partial charge on any atom is 0.324 e. The molecule has 2 atom stereocenters. The molecule has 3 rings (SSSR count). The lowest BCUT2D eigenvalue weighted by atomic mass is 9.91. The van der Waals surface area contributed by atoms with E-state index in [1.54, 1.807) is 48.5 Å². The fourth-order valence-electron chi connectivity index (χ4n) is 3.20. The summed E-state index contributed by atoms with van der Waals surface area (Å²) in [6.45, 7) is -0.0438. The molecule has 0 saturated heterocycles. The van der Waals surface area contributed by atoms with Crippen LogP contribution in [0.15, 0.2) is 84.9 Å². The molecule has 0 aromatic heterocycles. The van der Waals surface area contributed by atoms with Gasteiger partial charge in [0.05, 0.1) is 6.26 Å². The van der Waals surface area contributed by atoms with Crippen molar-refractivity contribution in [1.82, 2.24) is 0 Å². The molecule has 0 bridgehead atoms. The molecule has 0 aliphatic rings. The van der Waals surface area contributed by atoms with Gasteiger partial charge in [0, 0.05) is 0 Å². The van der Waals surface area contributed by atoms with E-state index >= 15 is 0 Å². The molecule has 34 heavy (non-hydrogen) atoms. The molecule has 0 saturated carbocycles. The van der Waals surface area contributed by atoms with Crippen molar-refractivity contribution in [3.8, 4) is 5.75 Å². The van der Waals surface area contributed by atoms with E-state index in [4.69, 9.17) is 19.4 Å². The third-order valence-electron chi connectivity index (χ3n) is 4.80. The summed E-state index contributed by atoms with van der Waals surface area (Å²) >= 11 is 0. The molecule has 3 aromatic rings. The molecule has 0 radical (unpaired) electrons. The standard InChI is InChI=1S/C25H25NO7S/c1-34(29,30)33-21-14-8-13-20(15-21)22(24(27)31-16-18-9-4-2-5-10-18)23(26)25(28)32-17-19-11-6-3-7-12-19/h2-15,22-23H,16-17,26H2,1H3. The van der Waals surface area contributed by atoms with E-state index in [1.165, 1.54) is 24.3 Å². The summed E-state index contributed by atoms with van der Waals surface area (Å²) in [7, 11) is -3.80. The summed E-state index contributed by atoms with van der Waals surface area (Å²) in [5.41, 5.74) is 7.94. The minimum absolute atomic E-state index is 0.0175. The van der Waals surface area contributed by atoms with E-state index in [1.807, 2.05) is 12.1 Å². The van der Waals surface area contributed by atoms with Crippen LogP contribution in [-0.4, -0.2) is 32.7 Å². The number of hydrogen-bond acceptors (Lipinski definition) is 8. The van der Waals surface area contributed by atoms with Crippen LogP contribution in [0.5, 0.6) is 5.75 Å². The van der Waals surface area contributed by atoms with Crippen molar-refractivity contribution in [2.24, 2.45) is 5.73 Å². The van der Waals surface area contributed by atoms with Crippen molar-refractivity contribution in [2.75, 3.05) is 6.26 Å². The van der Waals surface area contributed by atoms with Crippen LogP contribution < -0.4 is 9.92 Å². The monoisotopic (exact) mass is 483 g/mol. The zero-order valence-corrected chi connectivity index (χ0v) is 19.3. The molecule has 8 nitrogen and oxygen atoms in total. The Balaban J connectivity index is 1.82. The Morgan fingerprint density at radius 1 is 0.794 bits per heavy atom. The van der Waals surface area contributed by atoms with Crippen LogP contribution in [0.25, 0.3) is 0 Å². The van der Waals surface area contributed by atoms with Crippen LogP contribution in [0, 0.1) is 0 Å². The predicted octanol–water partition coefficient (Wildman–Crippen LogP) is 2.92. The third kappa shape index (κ3) is 7.43. The Morgan fingerprint density at radius 2 is 1.32 bits per heavy atom. The van der Waals surface area contributed by atoms with Gasteiger partial charge in [0.2, 0.25) is 0 Å². The number of rotatable bonds is 10. The van der Waals surface area contributed by atoms with Crippen molar-refractivity contribution < 1.29 is 31.7 Å². The largest absolute Gasteiger partial charge is 0.460 e. The molecule has 2 N–H and O–H groups in total. The zero-order chi connectivity index (χ0) is 24.6. The average Bonchev–Trinajstić information content (AvgIpc) is 2.82. The van der Waals surface area contributed by atoms with E-state index in [9.17, 15) is 18.0 Å². The first-order valence-corrected chi connectivity index (χ1v) is 12.2. The summed E-state index contributed by atoms with van der Waals surface area (Å²) in [6.07, 6.45) is 0.901. The Kier molecular flexibility index (Phi) is 8.39. The number of carbonyl (C=O) groups is 2. The summed E-state index contributed by atoms with van der Waals surface area (Å²) in [4.78, 5) is 25.8.